The average Bonchev–Trinajstić information content (AvgIpc) is 2.19. The zero-order valence-electron chi connectivity index (χ0n) is 8.71. The quantitative estimate of drug-likeness (QED) is 0.693. The molecule has 0 aromatic carbocycles. The third-order valence-corrected chi connectivity index (χ3v) is 5.96. The summed E-state index contributed by atoms with van der Waals surface area (Å²) in [6, 6.07) is 0. The van der Waals surface area contributed by atoms with E-state index in [0.717, 1.165) is 20.9 Å². The molecule has 0 radical (unpaired) electrons. The van der Waals surface area contributed by atoms with Gasteiger partial charge in [-0.15, -0.1) is 0 Å². The van der Waals surface area contributed by atoms with E-state index in [1.165, 1.54) is 37.9 Å². The summed E-state index contributed by atoms with van der Waals surface area (Å²) in [6.45, 7) is 2.26. The Morgan fingerprint density at radius 1 is 1.38 bits per heavy atom. The van der Waals surface area contributed by atoms with E-state index in [0.29, 0.717) is 0 Å². The van der Waals surface area contributed by atoms with Crippen molar-refractivity contribution < 1.29 is 0 Å². The number of rotatable bonds is 4. The Balaban J connectivity index is 2.39. The van der Waals surface area contributed by atoms with Crippen LogP contribution in [0.2, 0.25) is 5.82 Å². The van der Waals surface area contributed by atoms with Crippen LogP contribution in [0.25, 0.3) is 0 Å². The van der Waals surface area contributed by atoms with Gasteiger partial charge in [0.05, 0.1) is 0 Å². The van der Waals surface area contributed by atoms with E-state index in [-0.39, 0.29) is 0 Å². The van der Waals surface area contributed by atoms with Gasteiger partial charge in [-0.05, 0) is 0 Å². The van der Waals surface area contributed by atoms with Crippen LogP contribution in [-0.2, 0) is 0 Å². The van der Waals surface area contributed by atoms with Crippen LogP contribution < -0.4 is 0 Å². The van der Waals surface area contributed by atoms with E-state index >= 15 is 0 Å². The normalized spacial score (nSPS) is 20.6. The van der Waals surface area contributed by atoms with Gasteiger partial charge in [-0.25, -0.2) is 0 Å². The van der Waals surface area contributed by atoms with Crippen molar-refractivity contribution in [2.45, 2.75) is 44.9 Å². The zero-order valence-corrected chi connectivity index (χ0v) is 11.2. The maximum absolute atomic E-state index is 2.58. The molecule has 0 aromatic rings. The van der Waals surface area contributed by atoms with E-state index in [2.05, 4.69) is 30.6 Å². The third-order valence-electron chi connectivity index (χ3n) is 2.51. The Morgan fingerprint density at radius 3 is 2.62 bits per heavy atom. The number of hydrogen-bond donors (Lipinski definition) is 0. The molecule has 1 fully saturated rings. The van der Waals surface area contributed by atoms with Crippen molar-refractivity contribution in [2.75, 3.05) is 5.75 Å². The molecular formula is C11H20SSe. The van der Waals surface area contributed by atoms with Gasteiger partial charge in [0.2, 0.25) is 0 Å². The van der Waals surface area contributed by atoms with Gasteiger partial charge in [-0.1, -0.05) is 0 Å². The second-order valence-electron chi connectivity index (χ2n) is 3.52. The molecule has 0 N–H and O–H groups in total. The molecule has 0 aliphatic heterocycles. The van der Waals surface area contributed by atoms with E-state index in [1.54, 1.807) is 3.80 Å². The first-order chi connectivity index (χ1) is 6.36. The summed E-state index contributed by atoms with van der Waals surface area (Å²) in [4.78, 5) is 0. The monoisotopic (exact) mass is 264 g/mol. The van der Waals surface area contributed by atoms with E-state index in [9.17, 15) is 0 Å². The molecule has 0 saturated heterocycles. The second-order valence-corrected chi connectivity index (χ2v) is 7.19. The Bertz CT molecular complexity index is 159. The van der Waals surface area contributed by atoms with Gasteiger partial charge in [0.1, 0.15) is 0 Å². The fourth-order valence-electron chi connectivity index (χ4n) is 1.81. The molecule has 1 saturated carbocycles. The molecule has 0 heterocycles. The SMILES string of the molecule is CCS/C(=C\C1CCCCC1)[Se]C. The zero-order chi connectivity index (χ0) is 9.52. The molecular weight excluding hydrogens is 243 g/mol. The molecule has 0 aromatic heterocycles. The van der Waals surface area contributed by atoms with Crippen molar-refractivity contribution in [1.29, 1.82) is 0 Å². The van der Waals surface area contributed by atoms with E-state index in [4.69, 9.17) is 0 Å². The van der Waals surface area contributed by atoms with Crippen LogP contribution in [0.1, 0.15) is 39.0 Å². The summed E-state index contributed by atoms with van der Waals surface area (Å²) in [5, 5.41) is 0. The first-order valence-electron chi connectivity index (χ1n) is 5.25. The van der Waals surface area contributed by atoms with E-state index in [1.807, 2.05) is 0 Å². The first-order valence-corrected chi connectivity index (χ1v) is 8.81. The van der Waals surface area contributed by atoms with Crippen LogP contribution >= 0.6 is 11.8 Å². The summed E-state index contributed by atoms with van der Waals surface area (Å²) in [6.07, 6.45) is 9.86. The Hall–Kier alpha value is 0.609. The van der Waals surface area contributed by atoms with Crippen LogP contribution in [0.15, 0.2) is 9.88 Å². The van der Waals surface area contributed by atoms with Crippen LogP contribution in [0.4, 0.5) is 0 Å². The van der Waals surface area contributed by atoms with Gasteiger partial charge < -0.3 is 0 Å². The Labute approximate surface area is 93.1 Å². The molecule has 1 rings (SSSR count). The van der Waals surface area contributed by atoms with Crippen LogP contribution in [0.3, 0.4) is 0 Å². The van der Waals surface area contributed by atoms with Crippen molar-refractivity contribution in [2.24, 2.45) is 5.92 Å². The topological polar surface area (TPSA) is 0 Å². The summed E-state index contributed by atoms with van der Waals surface area (Å²) >= 11 is 2.78. The van der Waals surface area contributed by atoms with E-state index < -0.39 is 0 Å². The molecule has 0 unspecified atom stereocenters. The maximum atomic E-state index is 2.58. The molecule has 0 nitrogen and oxygen atoms in total. The first kappa shape index (κ1) is 11.7. The van der Waals surface area contributed by atoms with Crippen molar-refractivity contribution in [3.8, 4) is 0 Å². The minimum atomic E-state index is 0.720. The predicted molar refractivity (Wildman–Crippen MR) is 64.4 cm³/mol. The van der Waals surface area contributed by atoms with Gasteiger partial charge >= 0.3 is 93.1 Å². The molecule has 13 heavy (non-hydrogen) atoms. The van der Waals surface area contributed by atoms with Gasteiger partial charge in [0, 0.05) is 0 Å². The van der Waals surface area contributed by atoms with Crippen LogP contribution in [0.5, 0.6) is 0 Å². The standard InChI is InChI=1S/C11H20SSe/c1-3-12-11(13-2)9-10-7-5-4-6-8-10/h9-10H,3-8H2,1-2H3/b11-9+. The van der Waals surface area contributed by atoms with Gasteiger partial charge in [-0.3, -0.25) is 0 Å². The third kappa shape index (κ3) is 4.58. The molecule has 0 atom stereocenters. The molecule has 0 bridgehead atoms. The fourth-order valence-corrected chi connectivity index (χ4v) is 4.67. The van der Waals surface area contributed by atoms with Crippen molar-refractivity contribution in [3.05, 3.63) is 9.88 Å². The average molecular weight is 263 g/mol. The van der Waals surface area contributed by atoms with Gasteiger partial charge in [0.15, 0.2) is 0 Å². The Morgan fingerprint density at radius 2 is 2.08 bits per heavy atom. The summed E-state index contributed by atoms with van der Waals surface area (Å²) in [5.41, 5.74) is 0. The molecule has 0 spiro atoms. The second kappa shape index (κ2) is 6.98. The fraction of sp³-hybridized carbons (Fsp3) is 0.818. The van der Waals surface area contributed by atoms with Crippen LogP contribution in [-0.4, -0.2) is 20.7 Å². The summed E-state index contributed by atoms with van der Waals surface area (Å²) < 4.78 is 1.68. The molecule has 2 heteroatoms. The molecule has 1 aliphatic rings. The van der Waals surface area contributed by atoms with Crippen molar-refractivity contribution in [3.63, 3.8) is 0 Å². The predicted octanol–water partition coefficient (Wildman–Crippen LogP) is 3.91. The van der Waals surface area contributed by atoms with Gasteiger partial charge in [0.25, 0.3) is 0 Å². The van der Waals surface area contributed by atoms with Crippen molar-refractivity contribution in [1.82, 2.24) is 0 Å². The number of allylic oxidation sites excluding steroid dienone is 1. The molecule has 1 aliphatic carbocycles. The Kier molecular flexibility index (Phi) is 6.27. The molecule has 76 valence electrons. The molecule has 0 amide bonds. The minimum absolute atomic E-state index is 0.720. The van der Waals surface area contributed by atoms with Gasteiger partial charge in [-0.2, -0.15) is 0 Å². The van der Waals surface area contributed by atoms with Crippen LogP contribution in [0, 0.1) is 5.92 Å². The summed E-state index contributed by atoms with van der Waals surface area (Å²) in [5.74, 6) is 4.50. The summed E-state index contributed by atoms with van der Waals surface area (Å²) in [7, 11) is 0. The number of hydrogen-bond acceptors (Lipinski definition) is 1. The number of thioether (sulfide) groups is 1. The van der Waals surface area contributed by atoms with Crippen molar-refractivity contribution >= 4 is 26.7 Å².